The lowest BCUT2D eigenvalue weighted by molar-refractivity contribution is 0.560. The molecule has 0 N–H and O–H groups in total. The van der Waals surface area contributed by atoms with Gasteiger partial charge in [-0.3, -0.25) is 0 Å². The maximum Gasteiger partial charge on any atom is 0.288 e. The van der Waals surface area contributed by atoms with Gasteiger partial charge < -0.3 is 4.42 Å². The van der Waals surface area contributed by atoms with Crippen LogP contribution in [0.5, 0.6) is 0 Å². The predicted molar refractivity (Wildman–Crippen MR) is 54.9 cm³/mol. The third kappa shape index (κ3) is 1.68. The SMILES string of the molecule is S=c1ncc2cc(Cl)cc(Cl)c2o1. The van der Waals surface area contributed by atoms with Crippen molar-refractivity contribution in [1.82, 2.24) is 4.98 Å². The molecule has 0 atom stereocenters. The van der Waals surface area contributed by atoms with E-state index in [1.165, 1.54) is 0 Å². The van der Waals surface area contributed by atoms with Gasteiger partial charge in [-0.2, -0.15) is 0 Å². The van der Waals surface area contributed by atoms with E-state index in [0.717, 1.165) is 5.39 Å². The summed E-state index contributed by atoms with van der Waals surface area (Å²) in [5.74, 6) is 0. The molecule has 0 saturated heterocycles. The Morgan fingerprint density at radius 1 is 1.31 bits per heavy atom. The molecule has 0 aliphatic rings. The average molecular weight is 232 g/mol. The van der Waals surface area contributed by atoms with Crippen LogP contribution < -0.4 is 0 Å². The third-order valence-corrected chi connectivity index (χ3v) is 2.22. The van der Waals surface area contributed by atoms with Gasteiger partial charge in [-0.1, -0.05) is 23.2 Å². The summed E-state index contributed by atoms with van der Waals surface area (Å²) in [6, 6.07) is 3.32. The van der Waals surface area contributed by atoms with Crippen molar-refractivity contribution in [3.63, 3.8) is 0 Å². The summed E-state index contributed by atoms with van der Waals surface area (Å²) in [6.07, 6.45) is 1.58. The molecule has 2 aromatic rings. The second-order valence-corrected chi connectivity index (χ2v) is 3.63. The number of rotatable bonds is 0. The molecule has 1 aromatic heterocycles. The van der Waals surface area contributed by atoms with E-state index in [2.05, 4.69) is 4.98 Å². The molecule has 66 valence electrons. The molecule has 1 aromatic carbocycles. The van der Waals surface area contributed by atoms with Crippen LogP contribution in [0.2, 0.25) is 10.0 Å². The molecule has 0 amide bonds. The molecular formula is C8H3Cl2NOS. The zero-order valence-electron chi connectivity index (χ0n) is 6.25. The Kier molecular flexibility index (Phi) is 2.24. The Morgan fingerprint density at radius 3 is 2.85 bits per heavy atom. The van der Waals surface area contributed by atoms with Crippen molar-refractivity contribution in [2.45, 2.75) is 0 Å². The summed E-state index contributed by atoms with van der Waals surface area (Å²) in [5, 5.41) is 1.73. The minimum atomic E-state index is 0.164. The zero-order valence-corrected chi connectivity index (χ0v) is 8.58. The van der Waals surface area contributed by atoms with Crippen molar-refractivity contribution in [3.05, 3.63) is 33.2 Å². The Hall–Kier alpha value is -0.640. The van der Waals surface area contributed by atoms with Gasteiger partial charge in [0.25, 0.3) is 4.84 Å². The first-order valence-electron chi connectivity index (χ1n) is 3.42. The van der Waals surface area contributed by atoms with Crippen LogP contribution in [0.4, 0.5) is 0 Å². The molecular weight excluding hydrogens is 229 g/mol. The topological polar surface area (TPSA) is 26.0 Å². The average Bonchev–Trinajstić information content (AvgIpc) is 2.06. The summed E-state index contributed by atoms with van der Waals surface area (Å²) in [6.45, 7) is 0. The molecule has 5 heteroatoms. The quantitative estimate of drug-likeness (QED) is 0.645. The minimum absolute atomic E-state index is 0.164. The largest absolute Gasteiger partial charge is 0.428 e. The fraction of sp³-hybridized carbons (Fsp3) is 0. The van der Waals surface area contributed by atoms with Gasteiger partial charge in [-0.15, -0.1) is 0 Å². The minimum Gasteiger partial charge on any atom is -0.428 e. The number of benzene rings is 1. The van der Waals surface area contributed by atoms with E-state index in [0.29, 0.717) is 15.6 Å². The second-order valence-electron chi connectivity index (χ2n) is 2.43. The number of halogens is 2. The highest BCUT2D eigenvalue weighted by atomic mass is 35.5. The molecule has 0 saturated carbocycles. The van der Waals surface area contributed by atoms with E-state index < -0.39 is 0 Å². The highest BCUT2D eigenvalue weighted by molar-refractivity contribution is 7.71. The summed E-state index contributed by atoms with van der Waals surface area (Å²) >= 11 is 16.4. The molecule has 13 heavy (non-hydrogen) atoms. The lowest BCUT2D eigenvalue weighted by atomic mass is 10.2. The van der Waals surface area contributed by atoms with Gasteiger partial charge in [0.1, 0.15) is 0 Å². The molecule has 0 radical (unpaired) electrons. The number of aromatic nitrogens is 1. The van der Waals surface area contributed by atoms with Gasteiger partial charge in [0.05, 0.1) is 5.02 Å². The maximum atomic E-state index is 5.88. The van der Waals surface area contributed by atoms with Crippen molar-refractivity contribution >= 4 is 46.4 Å². The molecule has 1 heterocycles. The number of hydrogen-bond donors (Lipinski definition) is 0. The van der Waals surface area contributed by atoms with E-state index in [1.54, 1.807) is 18.3 Å². The molecule has 0 unspecified atom stereocenters. The summed E-state index contributed by atoms with van der Waals surface area (Å²) < 4.78 is 5.16. The van der Waals surface area contributed by atoms with Gasteiger partial charge in [-0.05, 0) is 24.4 Å². The van der Waals surface area contributed by atoms with Crippen molar-refractivity contribution < 1.29 is 4.42 Å². The van der Waals surface area contributed by atoms with Crippen molar-refractivity contribution in [1.29, 1.82) is 0 Å². The number of nitrogens with zero attached hydrogens (tertiary/aromatic N) is 1. The van der Waals surface area contributed by atoms with E-state index in [1.807, 2.05) is 0 Å². The van der Waals surface area contributed by atoms with Crippen LogP contribution in [0, 0.1) is 4.84 Å². The van der Waals surface area contributed by atoms with Gasteiger partial charge in [0, 0.05) is 16.6 Å². The second kappa shape index (κ2) is 3.25. The zero-order chi connectivity index (χ0) is 9.42. The van der Waals surface area contributed by atoms with Crippen molar-refractivity contribution in [3.8, 4) is 0 Å². The number of fused-ring (bicyclic) bond motifs is 1. The highest BCUT2D eigenvalue weighted by Gasteiger charge is 2.03. The fourth-order valence-electron chi connectivity index (χ4n) is 1.02. The monoisotopic (exact) mass is 231 g/mol. The van der Waals surface area contributed by atoms with Crippen molar-refractivity contribution in [2.75, 3.05) is 0 Å². The van der Waals surface area contributed by atoms with Crippen LogP contribution in [0.25, 0.3) is 11.0 Å². The van der Waals surface area contributed by atoms with E-state index >= 15 is 0 Å². The maximum absolute atomic E-state index is 5.88. The molecule has 0 spiro atoms. The van der Waals surface area contributed by atoms with Crippen LogP contribution in [0.1, 0.15) is 0 Å². The van der Waals surface area contributed by atoms with Gasteiger partial charge in [0.2, 0.25) is 0 Å². The Balaban J connectivity index is 2.95. The molecule has 0 aliphatic carbocycles. The molecule has 0 fully saturated rings. The van der Waals surface area contributed by atoms with Gasteiger partial charge >= 0.3 is 0 Å². The summed E-state index contributed by atoms with van der Waals surface area (Å²) in [5.41, 5.74) is 0.520. The van der Waals surface area contributed by atoms with Crippen molar-refractivity contribution in [2.24, 2.45) is 0 Å². The first-order chi connectivity index (χ1) is 6.16. The van der Waals surface area contributed by atoms with Crippen LogP contribution in [-0.4, -0.2) is 4.98 Å². The van der Waals surface area contributed by atoms with E-state index in [4.69, 9.17) is 39.8 Å². The molecule has 0 bridgehead atoms. The molecule has 2 rings (SSSR count). The van der Waals surface area contributed by atoms with E-state index in [9.17, 15) is 0 Å². The van der Waals surface area contributed by atoms with Gasteiger partial charge in [0.15, 0.2) is 5.58 Å². The number of hydrogen-bond acceptors (Lipinski definition) is 3. The lowest BCUT2D eigenvalue weighted by Gasteiger charge is -1.98. The Bertz CT molecular complexity index is 523. The van der Waals surface area contributed by atoms with Gasteiger partial charge in [-0.25, -0.2) is 4.98 Å². The third-order valence-electron chi connectivity index (χ3n) is 1.54. The van der Waals surface area contributed by atoms with Crippen LogP contribution >= 0.6 is 35.4 Å². The lowest BCUT2D eigenvalue weighted by Crippen LogP contribution is -1.78. The smallest absolute Gasteiger partial charge is 0.288 e. The summed E-state index contributed by atoms with van der Waals surface area (Å²) in [7, 11) is 0. The molecule has 2 nitrogen and oxygen atoms in total. The highest BCUT2D eigenvalue weighted by Crippen LogP contribution is 2.26. The first kappa shape index (κ1) is 8.94. The van der Waals surface area contributed by atoms with Crippen LogP contribution in [0.3, 0.4) is 0 Å². The van der Waals surface area contributed by atoms with Crippen LogP contribution in [-0.2, 0) is 0 Å². The molecule has 0 aliphatic heterocycles. The Labute approximate surface area is 89.1 Å². The standard InChI is InChI=1S/C8H3Cl2NOS/c9-5-1-4-3-11-8(13)12-7(4)6(10)2-5/h1-3H. The fourth-order valence-corrected chi connectivity index (χ4v) is 1.70. The summed E-state index contributed by atoms with van der Waals surface area (Å²) in [4.78, 5) is 3.98. The predicted octanol–water partition coefficient (Wildman–Crippen LogP) is 3.86. The van der Waals surface area contributed by atoms with E-state index in [-0.39, 0.29) is 4.84 Å². The normalized spacial score (nSPS) is 10.6. The Morgan fingerprint density at radius 2 is 2.08 bits per heavy atom. The first-order valence-corrected chi connectivity index (χ1v) is 4.58. The van der Waals surface area contributed by atoms with Crippen LogP contribution in [0.15, 0.2) is 22.7 Å².